The van der Waals surface area contributed by atoms with Crippen LogP contribution in [0.1, 0.15) is 17.7 Å². The van der Waals surface area contributed by atoms with Gasteiger partial charge in [0.15, 0.2) is 0 Å². The summed E-state index contributed by atoms with van der Waals surface area (Å²) in [6.45, 7) is 0.243. The summed E-state index contributed by atoms with van der Waals surface area (Å²) >= 11 is 0. The van der Waals surface area contributed by atoms with Crippen LogP contribution < -0.4 is 14.8 Å². The first-order valence-corrected chi connectivity index (χ1v) is 12.0. The number of rotatable bonds is 8. The van der Waals surface area contributed by atoms with Crippen molar-refractivity contribution in [2.75, 3.05) is 24.7 Å². The van der Waals surface area contributed by atoms with Crippen LogP contribution in [0, 0.1) is 11.8 Å². The standard InChI is InChI=1S/C22H20F3N5O4S/c1-35(32,33)28-10-3-11-34-18-7-6-16(21-27-14-19(30-21)22(23,24)25)12-17(18)29-20(31)8-5-15-4-2-9-26-13-15/h2,4,6-7,9,12-14,28H,3,10-11H2,1H3,(H,27,30)(H,29,31). The van der Waals surface area contributed by atoms with Crippen LogP contribution in [0.15, 0.2) is 48.9 Å². The number of carbonyl (C=O) groups excluding carboxylic acids is 1. The molecule has 0 unspecified atom stereocenters. The Morgan fingerprint density at radius 2 is 2.03 bits per heavy atom. The van der Waals surface area contributed by atoms with Crippen LogP contribution in [-0.4, -0.2) is 48.7 Å². The first kappa shape index (κ1) is 25.7. The molecule has 1 amide bonds. The number of ether oxygens (including phenoxy) is 1. The van der Waals surface area contributed by atoms with E-state index in [2.05, 4.69) is 36.8 Å². The second-order valence-electron chi connectivity index (χ2n) is 7.17. The molecular weight excluding hydrogens is 487 g/mol. The molecule has 0 aliphatic carbocycles. The van der Waals surface area contributed by atoms with Gasteiger partial charge in [0.05, 0.1) is 24.7 Å². The maximum atomic E-state index is 12.9. The molecule has 0 saturated carbocycles. The minimum atomic E-state index is -4.59. The molecule has 0 bridgehead atoms. The number of sulfonamides is 1. The molecule has 9 nitrogen and oxygen atoms in total. The van der Waals surface area contributed by atoms with E-state index in [1.54, 1.807) is 18.3 Å². The molecule has 184 valence electrons. The molecule has 0 aliphatic rings. The van der Waals surface area contributed by atoms with Crippen molar-refractivity contribution >= 4 is 21.6 Å². The third-order valence-electron chi connectivity index (χ3n) is 4.31. The van der Waals surface area contributed by atoms with E-state index in [9.17, 15) is 26.4 Å². The number of hydrogen-bond donors (Lipinski definition) is 3. The molecule has 0 fully saturated rings. The lowest BCUT2D eigenvalue weighted by Gasteiger charge is -2.13. The second-order valence-corrected chi connectivity index (χ2v) is 9.00. The van der Waals surface area contributed by atoms with Gasteiger partial charge in [-0.3, -0.25) is 9.78 Å². The third kappa shape index (κ3) is 8.13. The van der Waals surface area contributed by atoms with Crippen molar-refractivity contribution in [3.05, 3.63) is 60.2 Å². The van der Waals surface area contributed by atoms with Crippen LogP contribution in [-0.2, 0) is 21.0 Å². The number of hydrogen-bond acceptors (Lipinski definition) is 6. The predicted octanol–water partition coefficient (Wildman–Crippen LogP) is 2.80. The molecule has 0 saturated heterocycles. The quantitative estimate of drug-likeness (QED) is 0.318. The van der Waals surface area contributed by atoms with Crippen LogP contribution in [0.25, 0.3) is 11.4 Å². The van der Waals surface area contributed by atoms with Gasteiger partial charge in [0.25, 0.3) is 0 Å². The van der Waals surface area contributed by atoms with Crippen LogP contribution in [0.5, 0.6) is 5.75 Å². The number of H-pyrrole nitrogens is 1. The second kappa shape index (κ2) is 11.0. The fourth-order valence-electron chi connectivity index (χ4n) is 2.74. The Bertz CT molecular complexity index is 1350. The Balaban J connectivity index is 1.80. The van der Waals surface area contributed by atoms with Gasteiger partial charge in [-0.05, 0) is 36.8 Å². The predicted molar refractivity (Wildman–Crippen MR) is 122 cm³/mol. The van der Waals surface area contributed by atoms with Gasteiger partial charge in [0.1, 0.15) is 17.3 Å². The fourth-order valence-corrected chi connectivity index (χ4v) is 3.26. The summed E-state index contributed by atoms with van der Waals surface area (Å²) < 4.78 is 69.0. The van der Waals surface area contributed by atoms with Gasteiger partial charge in [0, 0.05) is 36.0 Å². The number of nitrogens with zero attached hydrogens (tertiary/aromatic N) is 2. The molecular formula is C22H20F3N5O4S. The SMILES string of the molecule is CS(=O)(=O)NCCCOc1ccc(-c2ncc(C(F)(F)F)[nH]2)cc1NC(=O)C#Cc1cccnc1. The monoisotopic (exact) mass is 507 g/mol. The zero-order valence-electron chi connectivity index (χ0n) is 18.3. The summed E-state index contributed by atoms with van der Waals surface area (Å²) in [5.74, 6) is 4.52. The normalized spacial score (nSPS) is 11.4. The van der Waals surface area contributed by atoms with Gasteiger partial charge >= 0.3 is 12.1 Å². The zero-order valence-corrected chi connectivity index (χ0v) is 19.1. The summed E-state index contributed by atoms with van der Waals surface area (Å²) in [4.78, 5) is 22.3. The Labute approximate surface area is 199 Å². The summed E-state index contributed by atoms with van der Waals surface area (Å²) in [7, 11) is -3.34. The number of amides is 1. The summed E-state index contributed by atoms with van der Waals surface area (Å²) in [6, 6.07) is 7.66. The van der Waals surface area contributed by atoms with E-state index in [1.165, 1.54) is 24.4 Å². The summed E-state index contributed by atoms with van der Waals surface area (Å²) in [6.07, 6.45) is 0.487. The number of benzene rings is 1. The summed E-state index contributed by atoms with van der Waals surface area (Å²) in [5, 5.41) is 2.56. The molecule has 1 aromatic carbocycles. The largest absolute Gasteiger partial charge is 0.491 e. The van der Waals surface area contributed by atoms with Crippen molar-refractivity contribution in [2.45, 2.75) is 12.6 Å². The highest BCUT2D eigenvalue weighted by molar-refractivity contribution is 7.88. The first-order valence-electron chi connectivity index (χ1n) is 10.1. The van der Waals surface area contributed by atoms with Crippen molar-refractivity contribution in [1.82, 2.24) is 19.7 Å². The zero-order chi connectivity index (χ0) is 25.5. The summed E-state index contributed by atoms with van der Waals surface area (Å²) in [5.41, 5.74) is -0.0863. The number of imidazole rings is 1. The smallest absolute Gasteiger partial charge is 0.432 e. The lowest BCUT2D eigenvalue weighted by molar-refractivity contribution is -0.140. The van der Waals surface area contributed by atoms with E-state index in [-0.39, 0.29) is 36.0 Å². The van der Waals surface area contributed by atoms with Crippen LogP contribution in [0.2, 0.25) is 0 Å². The highest BCUT2D eigenvalue weighted by Crippen LogP contribution is 2.32. The number of pyridine rings is 1. The van der Waals surface area contributed by atoms with E-state index in [4.69, 9.17) is 4.74 Å². The van der Waals surface area contributed by atoms with Crippen molar-refractivity contribution in [3.8, 4) is 29.0 Å². The van der Waals surface area contributed by atoms with Gasteiger partial charge in [0.2, 0.25) is 10.0 Å². The molecule has 13 heteroatoms. The van der Waals surface area contributed by atoms with Crippen molar-refractivity contribution < 1.29 is 31.1 Å². The molecule has 0 atom stereocenters. The van der Waals surface area contributed by atoms with Crippen LogP contribution >= 0.6 is 0 Å². The molecule has 0 radical (unpaired) electrons. The molecule has 3 rings (SSSR count). The van der Waals surface area contributed by atoms with Crippen molar-refractivity contribution in [3.63, 3.8) is 0 Å². The Morgan fingerprint density at radius 1 is 1.23 bits per heavy atom. The van der Waals surface area contributed by atoms with Crippen molar-refractivity contribution in [1.29, 1.82) is 0 Å². The molecule has 0 spiro atoms. The highest BCUT2D eigenvalue weighted by Gasteiger charge is 2.33. The topological polar surface area (TPSA) is 126 Å². The Morgan fingerprint density at radius 3 is 2.69 bits per heavy atom. The van der Waals surface area contributed by atoms with Gasteiger partial charge in [-0.25, -0.2) is 18.1 Å². The van der Waals surface area contributed by atoms with Crippen LogP contribution in [0.3, 0.4) is 0 Å². The third-order valence-corrected chi connectivity index (χ3v) is 5.04. The number of alkyl halides is 3. The van der Waals surface area contributed by atoms with E-state index in [0.717, 1.165) is 6.26 Å². The average molecular weight is 507 g/mol. The Kier molecular flexibility index (Phi) is 8.10. The number of halogens is 3. The molecule has 0 aliphatic heterocycles. The van der Waals surface area contributed by atoms with Gasteiger partial charge in [-0.1, -0.05) is 5.92 Å². The number of anilines is 1. The molecule has 2 heterocycles. The van der Waals surface area contributed by atoms with E-state index in [1.807, 2.05) is 0 Å². The minimum Gasteiger partial charge on any atom is -0.491 e. The van der Waals surface area contributed by atoms with Gasteiger partial charge in [-0.2, -0.15) is 13.2 Å². The lowest BCUT2D eigenvalue weighted by Crippen LogP contribution is -2.24. The first-order chi connectivity index (χ1) is 16.5. The number of nitrogens with one attached hydrogen (secondary N) is 3. The minimum absolute atomic E-state index is 0.0572. The molecule has 3 aromatic rings. The maximum absolute atomic E-state index is 12.9. The number of carbonyl (C=O) groups is 1. The van der Waals surface area contributed by atoms with E-state index < -0.39 is 27.8 Å². The van der Waals surface area contributed by atoms with Gasteiger partial charge in [-0.15, -0.1) is 0 Å². The molecule has 35 heavy (non-hydrogen) atoms. The molecule has 2 aromatic heterocycles. The molecule has 3 N–H and O–H groups in total. The lowest BCUT2D eigenvalue weighted by atomic mass is 10.1. The maximum Gasteiger partial charge on any atom is 0.432 e. The average Bonchev–Trinajstić information content (AvgIpc) is 3.29. The number of aromatic amines is 1. The highest BCUT2D eigenvalue weighted by atomic mass is 32.2. The van der Waals surface area contributed by atoms with Gasteiger partial charge < -0.3 is 15.0 Å². The van der Waals surface area contributed by atoms with Crippen molar-refractivity contribution in [2.24, 2.45) is 0 Å². The van der Waals surface area contributed by atoms with Crippen LogP contribution in [0.4, 0.5) is 18.9 Å². The van der Waals surface area contributed by atoms with E-state index >= 15 is 0 Å². The fraction of sp³-hybridized carbons (Fsp3) is 0.227. The number of aromatic nitrogens is 3. The Hall–Kier alpha value is -3.89. The van der Waals surface area contributed by atoms with E-state index in [0.29, 0.717) is 18.2 Å².